The van der Waals surface area contributed by atoms with Crippen LogP contribution in [-0.4, -0.2) is 50.0 Å². The van der Waals surface area contributed by atoms with Crippen molar-refractivity contribution in [1.29, 1.82) is 0 Å². The second-order valence-corrected chi connectivity index (χ2v) is 6.25. The second kappa shape index (κ2) is 5.23. The van der Waals surface area contributed by atoms with Crippen molar-refractivity contribution in [3.8, 4) is 11.5 Å². The number of fused-ring (bicyclic) bond motifs is 4. The van der Waals surface area contributed by atoms with Crippen LogP contribution < -0.4 is 9.47 Å². The fraction of sp³-hybridized carbons (Fsp3) is 0.529. The van der Waals surface area contributed by atoms with Gasteiger partial charge in [-0.1, -0.05) is 6.07 Å². The Labute approximate surface area is 134 Å². The molecule has 6 heteroatoms. The molecule has 23 heavy (non-hydrogen) atoms. The maximum Gasteiger partial charge on any atom is 0.343 e. The van der Waals surface area contributed by atoms with E-state index in [0.29, 0.717) is 17.1 Å². The van der Waals surface area contributed by atoms with Crippen molar-refractivity contribution in [2.24, 2.45) is 5.92 Å². The molecule has 0 spiro atoms. The highest BCUT2D eigenvalue weighted by atomic mass is 16.6. The number of esters is 1. The summed E-state index contributed by atoms with van der Waals surface area (Å²) < 4.78 is 16.2. The summed E-state index contributed by atoms with van der Waals surface area (Å²) >= 11 is 0. The monoisotopic (exact) mass is 317 g/mol. The van der Waals surface area contributed by atoms with Gasteiger partial charge in [0.15, 0.2) is 23.4 Å². The standard InChI is InChI=1S/C17H19NO5/c1-21-11-4-3-10-12(16(11)22-2)17(20)23-15(10)13-14(19)9-5-7-18(13)8-6-9/h3-4,9,13,15H,5-8H2,1-2H3/t13-,15+/m1/s1. The lowest BCUT2D eigenvalue weighted by molar-refractivity contribution is -0.143. The number of methoxy groups -OCH3 is 2. The number of ketones is 1. The van der Waals surface area contributed by atoms with Crippen LogP contribution in [-0.2, 0) is 9.53 Å². The number of carbonyl (C=O) groups excluding carboxylic acids is 2. The molecule has 0 aliphatic carbocycles. The number of benzene rings is 1. The van der Waals surface area contributed by atoms with Crippen LogP contribution in [0.25, 0.3) is 0 Å². The van der Waals surface area contributed by atoms with E-state index in [4.69, 9.17) is 14.2 Å². The number of piperidine rings is 3. The van der Waals surface area contributed by atoms with Crippen LogP contribution >= 0.6 is 0 Å². The van der Waals surface area contributed by atoms with E-state index >= 15 is 0 Å². The highest BCUT2D eigenvalue weighted by Gasteiger charge is 2.50. The topological polar surface area (TPSA) is 65.1 Å². The molecule has 3 saturated heterocycles. The molecule has 1 aromatic rings. The van der Waals surface area contributed by atoms with Gasteiger partial charge in [0.2, 0.25) is 0 Å². The molecule has 0 N–H and O–H groups in total. The summed E-state index contributed by atoms with van der Waals surface area (Å²) in [5.41, 5.74) is 1.10. The summed E-state index contributed by atoms with van der Waals surface area (Å²) in [6.45, 7) is 1.77. The van der Waals surface area contributed by atoms with Gasteiger partial charge >= 0.3 is 5.97 Å². The number of carbonyl (C=O) groups is 2. The van der Waals surface area contributed by atoms with Gasteiger partial charge in [0.1, 0.15) is 11.6 Å². The number of nitrogens with zero attached hydrogens (tertiary/aromatic N) is 1. The zero-order chi connectivity index (χ0) is 16.1. The molecule has 4 heterocycles. The van der Waals surface area contributed by atoms with Gasteiger partial charge in [0, 0.05) is 11.5 Å². The van der Waals surface area contributed by atoms with Crippen molar-refractivity contribution in [2.75, 3.05) is 27.3 Å². The number of Topliss-reactive ketones (excluding diaryl/α,β-unsaturated/α-hetero) is 1. The molecule has 2 bridgehead atoms. The predicted molar refractivity (Wildman–Crippen MR) is 80.8 cm³/mol. The highest BCUT2D eigenvalue weighted by molar-refractivity contribution is 5.99. The minimum absolute atomic E-state index is 0.105. The van der Waals surface area contributed by atoms with Gasteiger partial charge in [-0.15, -0.1) is 0 Å². The number of ether oxygens (including phenoxy) is 3. The molecule has 0 aromatic heterocycles. The van der Waals surface area contributed by atoms with E-state index in [1.54, 1.807) is 6.07 Å². The lowest BCUT2D eigenvalue weighted by atomic mass is 9.78. The fourth-order valence-corrected chi connectivity index (χ4v) is 4.09. The predicted octanol–water partition coefficient (Wildman–Crippen LogP) is 1.58. The molecule has 0 saturated carbocycles. The van der Waals surface area contributed by atoms with Gasteiger partial charge in [-0.05, 0) is 32.0 Å². The number of cyclic esters (lactones) is 1. The normalized spacial score (nSPS) is 31.7. The Kier molecular flexibility index (Phi) is 3.30. The van der Waals surface area contributed by atoms with E-state index in [-0.39, 0.29) is 17.7 Å². The average Bonchev–Trinajstić information content (AvgIpc) is 2.91. The summed E-state index contributed by atoms with van der Waals surface area (Å²) in [6, 6.07) is 3.20. The molecule has 0 unspecified atom stereocenters. The summed E-state index contributed by atoms with van der Waals surface area (Å²) in [5.74, 6) is 0.716. The van der Waals surface area contributed by atoms with Crippen LogP contribution in [0.15, 0.2) is 12.1 Å². The largest absolute Gasteiger partial charge is 0.493 e. The third-order valence-corrected chi connectivity index (χ3v) is 5.23. The molecule has 4 aliphatic rings. The molecule has 6 nitrogen and oxygen atoms in total. The first-order valence-electron chi connectivity index (χ1n) is 7.89. The first-order valence-corrected chi connectivity index (χ1v) is 7.89. The number of hydrogen-bond donors (Lipinski definition) is 0. The van der Waals surface area contributed by atoms with Crippen molar-refractivity contribution in [2.45, 2.75) is 25.0 Å². The van der Waals surface area contributed by atoms with Crippen LogP contribution in [0, 0.1) is 5.92 Å². The highest BCUT2D eigenvalue weighted by Crippen LogP contribution is 2.46. The average molecular weight is 317 g/mol. The Hall–Kier alpha value is -2.08. The Bertz CT molecular complexity index is 678. The van der Waals surface area contributed by atoms with Gasteiger partial charge < -0.3 is 14.2 Å². The van der Waals surface area contributed by atoms with E-state index < -0.39 is 12.1 Å². The Morgan fingerprint density at radius 2 is 1.87 bits per heavy atom. The minimum atomic E-state index is -0.548. The van der Waals surface area contributed by atoms with Gasteiger partial charge in [0.25, 0.3) is 0 Å². The SMILES string of the molecule is COc1ccc2c(c1OC)C(=O)O[C@@H]2[C@H]1C(=O)C2CCN1CC2. The third kappa shape index (κ3) is 1.97. The molecule has 4 aliphatic heterocycles. The van der Waals surface area contributed by atoms with Crippen molar-refractivity contribution < 1.29 is 23.8 Å². The first-order chi connectivity index (χ1) is 11.2. The number of rotatable bonds is 3. The van der Waals surface area contributed by atoms with Crippen LogP contribution in [0.3, 0.4) is 0 Å². The zero-order valence-electron chi connectivity index (χ0n) is 13.2. The lowest BCUT2D eigenvalue weighted by Gasteiger charge is -2.45. The summed E-state index contributed by atoms with van der Waals surface area (Å²) in [7, 11) is 3.02. The molecular weight excluding hydrogens is 298 g/mol. The molecule has 5 rings (SSSR count). The van der Waals surface area contributed by atoms with Crippen LogP contribution in [0.5, 0.6) is 11.5 Å². The van der Waals surface area contributed by atoms with Crippen LogP contribution in [0.4, 0.5) is 0 Å². The van der Waals surface area contributed by atoms with E-state index in [2.05, 4.69) is 4.90 Å². The van der Waals surface area contributed by atoms with E-state index in [1.165, 1.54) is 14.2 Å². The molecule has 0 amide bonds. The Morgan fingerprint density at radius 1 is 1.13 bits per heavy atom. The second-order valence-electron chi connectivity index (χ2n) is 6.25. The Morgan fingerprint density at radius 3 is 2.48 bits per heavy atom. The first kappa shape index (κ1) is 14.5. The number of hydrogen-bond acceptors (Lipinski definition) is 6. The molecule has 2 atom stereocenters. The van der Waals surface area contributed by atoms with Crippen LogP contribution in [0.1, 0.15) is 34.9 Å². The van der Waals surface area contributed by atoms with Crippen molar-refractivity contribution in [3.05, 3.63) is 23.3 Å². The summed E-state index contributed by atoms with van der Waals surface area (Å²) in [6.07, 6.45) is 1.27. The minimum Gasteiger partial charge on any atom is -0.493 e. The van der Waals surface area contributed by atoms with Gasteiger partial charge in [-0.25, -0.2) is 4.79 Å². The summed E-state index contributed by atoms with van der Waals surface area (Å²) in [5, 5.41) is 0. The zero-order valence-corrected chi connectivity index (χ0v) is 13.2. The molecule has 3 fully saturated rings. The third-order valence-electron chi connectivity index (χ3n) is 5.23. The van der Waals surface area contributed by atoms with E-state index in [9.17, 15) is 9.59 Å². The molecule has 1 aromatic carbocycles. The molecule has 0 radical (unpaired) electrons. The van der Waals surface area contributed by atoms with Gasteiger partial charge in [-0.3, -0.25) is 9.69 Å². The van der Waals surface area contributed by atoms with Crippen molar-refractivity contribution >= 4 is 11.8 Å². The molecular formula is C17H19NO5. The van der Waals surface area contributed by atoms with E-state index in [0.717, 1.165) is 31.5 Å². The maximum absolute atomic E-state index is 12.7. The maximum atomic E-state index is 12.7. The molecule has 122 valence electrons. The summed E-state index contributed by atoms with van der Waals surface area (Å²) in [4.78, 5) is 27.2. The fourth-order valence-electron chi connectivity index (χ4n) is 4.09. The van der Waals surface area contributed by atoms with Crippen molar-refractivity contribution in [1.82, 2.24) is 4.90 Å². The van der Waals surface area contributed by atoms with Gasteiger partial charge in [0.05, 0.1) is 14.2 Å². The lowest BCUT2D eigenvalue weighted by Crippen LogP contribution is -2.57. The van der Waals surface area contributed by atoms with Gasteiger partial charge in [-0.2, -0.15) is 0 Å². The van der Waals surface area contributed by atoms with E-state index in [1.807, 2.05) is 6.07 Å². The Balaban J connectivity index is 1.78. The quantitative estimate of drug-likeness (QED) is 0.789. The smallest absolute Gasteiger partial charge is 0.343 e. The van der Waals surface area contributed by atoms with Crippen LogP contribution in [0.2, 0.25) is 0 Å². The van der Waals surface area contributed by atoms with Crippen molar-refractivity contribution in [3.63, 3.8) is 0 Å².